The van der Waals surface area contributed by atoms with Gasteiger partial charge in [-0.3, -0.25) is 4.79 Å². The minimum absolute atomic E-state index is 0.124. The van der Waals surface area contributed by atoms with E-state index in [4.69, 9.17) is 0 Å². The number of aryl methyl sites for hydroxylation is 1. The van der Waals surface area contributed by atoms with E-state index in [0.717, 1.165) is 0 Å². The lowest BCUT2D eigenvalue weighted by Crippen LogP contribution is -2.36. The van der Waals surface area contributed by atoms with E-state index in [9.17, 15) is 17.8 Å². The van der Waals surface area contributed by atoms with Gasteiger partial charge in [-0.05, 0) is 6.07 Å². The Kier molecular flexibility index (Phi) is 4.80. The SMILES string of the molecule is CN(C)C(=O)c1ccc[n+](CCCS(=O)(=O)[O-])c1. The molecule has 18 heavy (non-hydrogen) atoms. The summed E-state index contributed by atoms with van der Waals surface area (Å²) in [6.07, 6.45) is 3.60. The third-order valence-corrected chi connectivity index (χ3v) is 3.11. The van der Waals surface area contributed by atoms with Gasteiger partial charge >= 0.3 is 0 Å². The summed E-state index contributed by atoms with van der Waals surface area (Å²) < 4.78 is 33.1. The zero-order valence-electron chi connectivity index (χ0n) is 10.4. The van der Waals surface area contributed by atoms with Crippen LogP contribution in [0.2, 0.25) is 0 Å². The molecule has 0 aromatic carbocycles. The van der Waals surface area contributed by atoms with Gasteiger partial charge in [0.05, 0.1) is 10.1 Å². The van der Waals surface area contributed by atoms with Crippen LogP contribution in [0.15, 0.2) is 24.5 Å². The number of nitrogens with zero attached hydrogens (tertiary/aromatic N) is 2. The highest BCUT2D eigenvalue weighted by molar-refractivity contribution is 7.85. The largest absolute Gasteiger partial charge is 0.748 e. The minimum Gasteiger partial charge on any atom is -0.748 e. The fourth-order valence-electron chi connectivity index (χ4n) is 1.47. The van der Waals surface area contributed by atoms with Gasteiger partial charge in [0.25, 0.3) is 5.91 Å². The number of carbonyl (C=O) groups is 1. The van der Waals surface area contributed by atoms with Crippen molar-refractivity contribution in [1.82, 2.24) is 4.90 Å². The van der Waals surface area contributed by atoms with E-state index in [1.54, 1.807) is 43.2 Å². The molecule has 0 bridgehead atoms. The Morgan fingerprint density at radius 3 is 2.67 bits per heavy atom. The molecule has 0 aliphatic heterocycles. The number of carbonyl (C=O) groups excluding carboxylic acids is 1. The fraction of sp³-hybridized carbons (Fsp3) is 0.455. The molecule has 0 radical (unpaired) electrons. The molecule has 7 heteroatoms. The second kappa shape index (κ2) is 5.92. The van der Waals surface area contributed by atoms with Gasteiger partial charge in [-0.25, -0.2) is 13.0 Å². The van der Waals surface area contributed by atoms with Gasteiger partial charge < -0.3 is 9.45 Å². The number of rotatable bonds is 5. The van der Waals surface area contributed by atoms with E-state index in [1.807, 2.05) is 0 Å². The van der Waals surface area contributed by atoms with Gasteiger partial charge in [0.1, 0.15) is 12.1 Å². The molecule has 0 saturated carbocycles. The first-order valence-electron chi connectivity index (χ1n) is 5.44. The van der Waals surface area contributed by atoms with Crippen molar-refractivity contribution in [2.45, 2.75) is 13.0 Å². The van der Waals surface area contributed by atoms with E-state index in [0.29, 0.717) is 12.1 Å². The second-order valence-corrected chi connectivity index (χ2v) is 5.67. The van der Waals surface area contributed by atoms with Crippen molar-refractivity contribution in [3.05, 3.63) is 30.1 Å². The molecule has 100 valence electrons. The van der Waals surface area contributed by atoms with Crippen LogP contribution in [-0.2, 0) is 16.7 Å². The number of hydrogen-bond acceptors (Lipinski definition) is 4. The Bertz CT molecular complexity index is 526. The number of amides is 1. The van der Waals surface area contributed by atoms with Crippen LogP contribution in [0.1, 0.15) is 16.8 Å². The molecular formula is C11H16N2O4S. The first-order valence-corrected chi connectivity index (χ1v) is 7.01. The highest BCUT2D eigenvalue weighted by Crippen LogP contribution is 1.98. The van der Waals surface area contributed by atoms with Crippen molar-refractivity contribution in [3.63, 3.8) is 0 Å². The van der Waals surface area contributed by atoms with E-state index in [-0.39, 0.29) is 12.3 Å². The van der Waals surface area contributed by atoms with Crippen molar-refractivity contribution < 1.29 is 22.3 Å². The quantitative estimate of drug-likeness (QED) is 0.540. The maximum atomic E-state index is 11.7. The molecule has 1 amide bonds. The minimum atomic E-state index is -4.17. The molecule has 0 unspecified atom stereocenters. The van der Waals surface area contributed by atoms with E-state index in [1.165, 1.54) is 4.90 Å². The monoisotopic (exact) mass is 272 g/mol. The van der Waals surface area contributed by atoms with Gasteiger partial charge in [0.2, 0.25) is 0 Å². The summed E-state index contributed by atoms with van der Waals surface area (Å²) in [5, 5.41) is 0. The third kappa shape index (κ3) is 4.80. The summed E-state index contributed by atoms with van der Waals surface area (Å²) in [6.45, 7) is 0.385. The van der Waals surface area contributed by atoms with Crippen LogP contribution < -0.4 is 4.57 Å². The Morgan fingerprint density at radius 2 is 2.11 bits per heavy atom. The summed E-state index contributed by atoms with van der Waals surface area (Å²) in [4.78, 5) is 13.2. The van der Waals surface area contributed by atoms with Crippen LogP contribution in [0.5, 0.6) is 0 Å². The van der Waals surface area contributed by atoms with Crippen LogP contribution in [0.3, 0.4) is 0 Å². The fourth-order valence-corrected chi connectivity index (χ4v) is 1.95. The lowest BCUT2D eigenvalue weighted by molar-refractivity contribution is -0.697. The van der Waals surface area contributed by atoms with E-state index in [2.05, 4.69) is 0 Å². The van der Waals surface area contributed by atoms with E-state index >= 15 is 0 Å². The first-order chi connectivity index (χ1) is 8.29. The molecule has 1 aromatic rings. The highest BCUT2D eigenvalue weighted by Gasteiger charge is 2.12. The predicted octanol–water partition coefficient (Wildman–Crippen LogP) is -0.389. The van der Waals surface area contributed by atoms with Crippen LogP contribution in [-0.4, -0.2) is 43.6 Å². The molecule has 0 spiro atoms. The summed E-state index contributed by atoms with van der Waals surface area (Å²) in [5.41, 5.74) is 0.521. The van der Waals surface area contributed by atoms with Gasteiger partial charge in [-0.15, -0.1) is 0 Å². The Labute approximate surface area is 107 Å². The molecule has 0 fully saturated rings. The van der Waals surface area contributed by atoms with E-state index < -0.39 is 15.9 Å². The van der Waals surface area contributed by atoms with Crippen LogP contribution >= 0.6 is 0 Å². The van der Waals surface area contributed by atoms with Crippen molar-refractivity contribution >= 4 is 16.0 Å². The lowest BCUT2D eigenvalue weighted by atomic mass is 10.2. The molecule has 0 saturated heterocycles. The number of hydrogen-bond donors (Lipinski definition) is 0. The molecular weight excluding hydrogens is 256 g/mol. The molecule has 1 rings (SSSR count). The first kappa shape index (κ1) is 14.6. The molecule has 1 heterocycles. The standard InChI is InChI=1S/C11H16N2O4S/c1-12(2)11(14)10-5-3-6-13(9-10)7-4-8-18(15,16)17/h3,5-6,9H,4,7-8H2,1-2H3. The zero-order valence-corrected chi connectivity index (χ0v) is 11.2. The maximum Gasteiger partial charge on any atom is 0.259 e. The van der Waals surface area contributed by atoms with Gasteiger partial charge in [0.15, 0.2) is 12.4 Å². The van der Waals surface area contributed by atoms with Crippen molar-refractivity contribution in [3.8, 4) is 0 Å². The topological polar surface area (TPSA) is 81.4 Å². The average molecular weight is 272 g/mol. The zero-order chi connectivity index (χ0) is 13.8. The van der Waals surface area contributed by atoms with Gasteiger partial charge in [0, 0.05) is 32.3 Å². The predicted molar refractivity (Wildman–Crippen MR) is 63.8 cm³/mol. The third-order valence-electron chi connectivity index (χ3n) is 2.32. The maximum absolute atomic E-state index is 11.7. The highest BCUT2D eigenvalue weighted by atomic mass is 32.2. The smallest absolute Gasteiger partial charge is 0.259 e. The van der Waals surface area contributed by atoms with Crippen LogP contribution in [0.25, 0.3) is 0 Å². The Morgan fingerprint density at radius 1 is 1.44 bits per heavy atom. The molecule has 0 aliphatic carbocycles. The second-order valence-electron chi connectivity index (χ2n) is 4.15. The Hall–Kier alpha value is -1.47. The van der Waals surface area contributed by atoms with Crippen LogP contribution in [0.4, 0.5) is 0 Å². The molecule has 6 nitrogen and oxygen atoms in total. The lowest BCUT2D eigenvalue weighted by Gasteiger charge is -2.09. The molecule has 0 aliphatic rings. The van der Waals surface area contributed by atoms with Crippen molar-refractivity contribution in [2.24, 2.45) is 0 Å². The van der Waals surface area contributed by atoms with Gasteiger partial charge in [-0.1, -0.05) is 0 Å². The molecule has 0 atom stereocenters. The number of pyridine rings is 1. The van der Waals surface area contributed by atoms with Crippen molar-refractivity contribution in [2.75, 3.05) is 19.8 Å². The molecule has 0 N–H and O–H groups in total. The summed E-state index contributed by atoms with van der Waals surface area (Å²) in [7, 11) is -0.860. The number of aromatic nitrogens is 1. The summed E-state index contributed by atoms with van der Waals surface area (Å²) in [5.74, 6) is -0.521. The normalized spacial score (nSPS) is 11.3. The average Bonchev–Trinajstić information content (AvgIpc) is 2.26. The summed E-state index contributed by atoms with van der Waals surface area (Å²) in [6, 6.07) is 3.39. The van der Waals surface area contributed by atoms with Gasteiger partial charge in [-0.2, -0.15) is 0 Å². The summed E-state index contributed by atoms with van der Waals surface area (Å²) >= 11 is 0. The van der Waals surface area contributed by atoms with Crippen LogP contribution in [0, 0.1) is 0 Å². The Balaban J connectivity index is 2.68. The molecule has 1 aromatic heterocycles. The van der Waals surface area contributed by atoms with Crippen molar-refractivity contribution in [1.29, 1.82) is 0 Å².